The summed E-state index contributed by atoms with van der Waals surface area (Å²) in [5.74, 6) is 0.461. The van der Waals surface area contributed by atoms with Crippen LogP contribution in [-0.2, 0) is 0 Å². The number of methoxy groups -OCH3 is 1. The molecule has 0 aliphatic carbocycles. The molecule has 0 fully saturated rings. The first kappa shape index (κ1) is 14.3. The van der Waals surface area contributed by atoms with Crippen molar-refractivity contribution in [3.8, 4) is 5.75 Å². The van der Waals surface area contributed by atoms with Crippen LogP contribution in [-0.4, -0.2) is 45.1 Å². The molecule has 0 bridgehead atoms. The molecule has 0 unspecified atom stereocenters. The second-order valence-electron chi connectivity index (χ2n) is 4.14. The summed E-state index contributed by atoms with van der Waals surface area (Å²) >= 11 is 0. The van der Waals surface area contributed by atoms with Gasteiger partial charge in [0.25, 0.3) is 5.91 Å². The van der Waals surface area contributed by atoms with Gasteiger partial charge in [0.15, 0.2) is 0 Å². The Bertz CT molecular complexity index is 407. The number of carbonyl (C=O) groups is 1. The van der Waals surface area contributed by atoms with Crippen molar-refractivity contribution in [1.29, 1.82) is 0 Å². The molecule has 0 saturated heterocycles. The Balaban J connectivity index is 2.76. The highest BCUT2D eigenvalue weighted by Gasteiger charge is 2.16. The molecule has 0 spiro atoms. The maximum atomic E-state index is 12.2. The zero-order valence-corrected chi connectivity index (χ0v) is 11.2. The minimum absolute atomic E-state index is 0.0528. The predicted octanol–water partition coefficient (Wildman–Crippen LogP) is 0.959. The van der Waals surface area contributed by atoms with E-state index in [0.29, 0.717) is 23.5 Å². The largest absolute Gasteiger partial charge is 0.496 e. The van der Waals surface area contributed by atoms with Crippen molar-refractivity contribution in [2.75, 3.05) is 40.0 Å². The van der Waals surface area contributed by atoms with E-state index >= 15 is 0 Å². The molecule has 0 saturated carbocycles. The van der Waals surface area contributed by atoms with Crippen LogP contribution in [0.4, 0.5) is 5.69 Å². The molecular weight excluding hydrogens is 230 g/mol. The predicted molar refractivity (Wildman–Crippen MR) is 72.9 cm³/mol. The number of carbonyl (C=O) groups excluding carboxylic acids is 1. The van der Waals surface area contributed by atoms with Crippen molar-refractivity contribution in [2.45, 2.75) is 6.42 Å². The fraction of sp³-hybridized carbons (Fsp3) is 0.462. The van der Waals surface area contributed by atoms with Crippen LogP contribution >= 0.6 is 0 Å². The van der Waals surface area contributed by atoms with Gasteiger partial charge in [-0.05, 0) is 32.1 Å². The first-order valence-electron chi connectivity index (χ1n) is 5.93. The quantitative estimate of drug-likeness (QED) is 0.583. The summed E-state index contributed by atoms with van der Waals surface area (Å²) in [5, 5.41) is 3.05. The zero-order chi connectivity index (χ0) is 13.5. The lowest BCUT2D eigenvalue weighted by Gasteiger charge is -2.18. The Labute approximate surface area is 108 Å². The molecule has 5 heteroatoms. The number of ether oxygens (including phenoxy) is 1. The maximum Gasteiger partial charge on any atom is 0.257 e. The van der Waals surface area contributed by atoms with Gasteiger partial charge in [-0.3, -0.25) is 4.79 Å². The number of nitrogens with one attached hydrogen (secondary N) is 1. The van der Waals surface area contributed by atoms with Crippen LogP contribution in [0.1, 0.15) is 16.8 Å². The summed E-state index contributed by atoms with van der Waals surface area (Å²) in [5.41, 5.74) is 6.79. The molecule has 0 aliphatic heterocycles. The van der Waals surface area contributed by atoms with Gasteiger partial charge in [0.05, 0.1) is 12.7 Å². The molecule has 1 rings (SSSR count). The topological polar surface area (TPSA) is 67.6 Å². The number of amides is 1. The van der Waals surface area contributed by atoms with Gasteiger partial charge in [0, 0.05) is 25.3 Å². The second-order valence-corrected chi connectivity index (χ2v) is 4.14. The lowest BCUT2D eigenvalue weighted by molar-refractivity contribution is 0.0790. The maximum absolute atomic E-state index is 12.2. The van der Waals surface area contributed by atoms with Crippen molar-refractivity contribution in [3.63, 3.8) is 0 Å². The highest BCUT2D eigenvalue weighted by molar-refractivity contribution is 5.97. The Morgan fingerprint density at radius 2 is 2.22 bits per heavy atom. The number of nitrogens with zero attached hydrogens (tertiary/aromatic N) is 1. The Morgan fingerprint density at radius 1 is 1.50 bits per heavy atom. The summed E-state index contributed by atoms with van der Waals surface area (Å²) in [4.78, 5) is 13.9. The standard InChI is InChI=1S/C13H21N3O2/c1-15-7-4-8-16(2)13(17)11-6-5-10(14)9-12(11)18-3/h5-6,9,15H,4,7-8,14H2,1-3H3. The minimum Gasteiger partial charge on any atom is -0.496 e. The molecule has 0 heterocycles. The molecule has 100 valence electrons. The van der Waals surface area contributed by atoms with Crippen molar-refractivity contribution >= 4 is 11.6 Å². The lowest BCUT2D eigenvalue weighted by atomic mass is 10.1. The molecule has 0 aromatic heterocycles. The second kappa shape index (κ2) is 6.86. The third-order valence-electron chi connectivity index (χ3n) is 2.72. The Hall–Kier alpha value is -1.75. The van der Waals surface area contributed by atoms with E-state index in [9.17, 15) is 4.79 Å². The number of nitrogen functional groups attached to an aromatic ring is 1. The van der Waals surface area contributed by atoms with Crippen molar-refractivity contribution < 1.29 is 9.53 Å². The van der Waals surface area contributed by atoms with Crippen LogP contribution in [0, 0.1) is 0 Å². The number of hydrogen-bond donors (Lipinski definition) is 2. The summed E-state index contributed by atoms with van der Waals surface area (Å²) in [6.45, 7) is 1.59. The first-order valence-corrected chi connectivity index (χ1v) is 5.93. The van der Waals surface area contributed by atoms with Crippen LogP contribution in [0.3, 0.4) is 0 Å². The van der Waals surface area contributed by atoms with E-state index in [4.69, 9.17) is 10.5 Å². The molecule has 0 radical (unpaired) electrons. The monoisotopic (exact) mass is 251 g/mol. The Kier molecular flexibility index (Phi) is 5.45. The van der Waals surface area contributed by atoms with Crippen LogP contribution < -0.4 is 15.8 Å². The molecule has 0 aliphatic rings. The van der Waals surface area contributed by atoms with Crippen LogP contribution in [0.15, 0.2) is 18.2 Å². The number of rotatable bonds is 6. The molecule has 18 heavy (non-hydrogen) atoms. The van der Waals surface area contributed by atoms with Gasteiger partial charge in [0.2, 0.25) is 0 Å². The Morgan fingerprint density at radius 3 is 2.83 bits per heavy atom. The molecule has 1 aromatic rings. The summed E-state index contributed by atoms with van der Waals surface area (Å²) in [7, 11) is 5.21. The van der Waals surface area contributed by atoms with E-state index in [1.807, 2.05) is 7.05 Å². The third-order valence-corrected chi connectivity index (χ3v) is 2.72. The van der Waals surface area contributed by atoms with E-state index in [1.54, 1.807) is 30.1 Å². The number of hydrogen-bond acceptors (Lipinski definition) is 4. The molecule has 3 N–H and O–H groups in total. The zero-order valence-electron chi connectivity index (χ0n) is 11.2. The van der Waals surface area contributed by atoms with Gasteiger partial charge in [-0.15, -0.1) is 0 Å². The van der Waals surface area contributed by atoms with Crippen LogP contribution in [0.2, 0.25) is 0 Å². The number of anilines is 1. The smallest absolute Gasteiger partial charge is 0.257 e. The lowest BCUT2D eigenvalue weighted by Crippen LogP contribution is -2.29. The average Bonchev–Trinajstić information content (AvgIpc) is 2.37. The highest BCUT2D eigenvalue weighted by Crippen LogP contribution is 2.22. The van der Waals surface area contributed by atoms with Crippen molar-refractivity contribution in [1.82, 2.24) is 10.2 Å². The third kappa shape index (κ3) is 3.63. The first-order chi connectivity index (χ1) is 8.60. The summed E-state index contributed by atoms with van der Waals surface area (Å²) in [6.07, 6.45) is 0.913. The molecule has 0 atom stereocenters. The van der Waals surface area contributed by atoms with Crippen molar-refractivity contribution in [3.05, 3.63) is 23.8 Å². The normalized spacial score (nSPS) is 10.2. The van der Waals surface area contributed by atoms with E-state index in [2.05, 4.69) is 5.32 Å². The van der Waals surface area contributed by atoms with Gasteiger partial charge in [-0.1, -0.05) is 0 Å². The fourth-order valence-electron chi connectivity index (χ4n) is 1.68. The van der Waals surface area contributed by atoms with E-state index in [-0.39, 0.29) is 5.91 Å². The highest BCUT2D eigenvalue weighted by atomic mass is 16.5. The SMILES string of the molecule is CNCCCN(C)C(=O)c1ccc(N)cc1OC. The fourth-order valence-corrected chi connectivity index (χ4v) is 1.68. The summed E-state index contributed by atoms with van der Waals surface area (Å²) < 4.78 is 5.18. The summed E-state index contributed by atoms with van der Waals surface area (Å²) in [6, 6.07) is 5.07. The molecule has 5 nitrogen and oxygen atoms in total. The van der Waals surface area contributed by atoms with Gasteiger partial charge in [-0.25, -0.2) is 0 Å². The van der Waals surface area contributed by atoms with Gasteiger partial charge < -0.3 is 20.7 Å². The van der Waals surface area contributed by atoms with Crippen LogP contribution in [0.5, 0.6) is 5.75 Å². The van der Waals surface area contributed by atoms with Gasteiger partial charge in [0.1, 0.15) is 5.75 Å². The average molecular weight is 251 g/mol. The van der Waals surface area contributed by atoms with E-state index in [1.165, 1.54) is 7.11 Å². The minimum atomic E-state index is -0.0528. The number of nitrogens with two attached hydrogens (primary N) is 1. The van der Waals surface area contributed by atoms with Gasteiger partial charge >= 0.3 is 0 Å². The molecular formula is C13H21N3O2. The molecule has 1 amide bonds. The van der Waals surface area contributed by atoms with Crippen molar-refractivity contribution in [2.24, 2.45) is 0 Å². The number of benzene rings is 1. The van der Waals surface area contributed by atoms with E-state index in [0.717, 1.165) is 13.0 Å². The van der Waals surface area contributed by atoms with Crippen LogP contribution in [0.25, 0.3) is 0 Å². The van der Waals surface area contributed by atoms with Gasteiger partial charge in [-0.2, -0.15) is 0 Å². The van der Waals surface area contributed by atoms with E-state index < -0.39 is 0 Å². The molecule has 1 aromatic carbocycles.